The number of amides is 1. The quantitative estimate of drug-likeness (QED) is 0.374. The van der Waals surface area contributed by atoms with Crippen molar-refractivity contribution in [2.45, 2.75) is 56.6 Å². The summed E-state index contributed by atoms with van der Waals surface area (Å²) in [6.45, 7) is 2.01. The van der Waals surface area contributed by atoms with Gasteiger partial charge in [-0.2, -0.15) is 5.10 Å². The van der Waals surface area contributed by atoms with Crippen LogP contribution < -0.4 is 20.3 Å². The molecule has 1 saturated heterocycles. The SMILES string of the molecule is CN(Cc1cccc(OC(F)(F)F)c1)C1(CC(=O)Nc2nnc(N[C@@H]3CCN(c4cccnn4)C3)s2)CCC1. The summed E-state index contributed by atoms with van der Waals surface area (Å²) >= 11 is 1.28. The van der Waals surface area contributed by atoms with Crippen LogP contribution in [-0.4, -0.2) is 69.3 Å². The molecule has 1 aromatic carbocycles. The minimum atomic E-state index is -4.74. The molecule has 2 aliphatic rings. The molecule has 39 heavy (non-hydrogen) atoms. The maximum absolute atomic E-state index is 13.0. The molecule has 1 amide bonds. The number of alkyl halides is 3. The molecule has 2 fully saturated rings. The van der Waals surface area contributed by atoms with Crippen molar-refractivity contribution in [1.29, 1.82) is 0 Å². The number of rotatable bonds is 10. The minimum Gasteiger partial charge on any atom is -0.406 e. The topological polar surface area (TPSA) is 108 Å². The fourth-order valence-electron chi connectivity index (χ4n) is 5.08. The first-order chi connectivity index (χ1) is 18.7. The first-order valence-corrected chi connectivity index (χ1v) is 13.5. The summed E-state index contributed by atoms with van der Waals surface area (Å²) in [5.74, 6) is 0.408. The predicted molar refractivity (Wildman–Crippen MR) is 141 cm³/mol. The summed E-state index contributed by atoms with van der Waals surface area (Å²) in [4.78, 5) is 17.2. The summed E-state index contributed by atoms with van der Waals surface area (Å²) in [5.41, 5.74) is 0.306. The molecular weight excluding hydrogens is 533 g/mol. The van der Waals surface area contributed by atoms with Gasteiger partial charge in [-0.05, 0) is 62.6 Å². The summed E-state index contributed by atoms with van der Waals surface area (Å²) in [6, 6.07) is 9.90. The third-order valence-corrected chi connectivity index (χ3v) is 7.97. The molecule has 1 aliphatic heterocycles. The Hall–Kier alpha value is -3.52. The Kier molecular flexibility index (Phi) is 7.84. The number of nitrogens with zero attached hydrogens (tertiary/aromatic N) is 6. The van der Waals surface area contributed by atoms with Gasteiger partial charge in [0.1, 0.15) is 5.75 Å². The number of hydrogen-bond acceptors (Lipinski definition) is 10. The van der Waals surface area contributed by atoms with Gasteiger partial charge >= 0.3 is 6.36 Å². The van der Waals surface area contributed by atoms with Crippen molar-refractivity contribution in [3.8, 4) is 5.75 Å². The molecule has 2 N–H and O–H groups in total. The largest absolute Gasteiger partial charge is 0.573 e. The first-order valence-electron chi connectivity index (χ1n) is 12.7. The van der Waals surface area contributed by atoms with Crippen molar-refractivity contribution in [1.82, 2.24) is 25.3 Å². The Morgan fingerprint density at radius 3 is 2.74 bits per heavy atom. The average molecular weight is 563 g/mol. The Bertz CT molecular complexity index is 1270. The Balaban J connectivity index is 1.13. The number of ether oxygens (including phenoxy) is 1. The van der Waals surface area contributed by atoms with Gasteiger partial charge in [0.05, 0.1) is 0 Å². The number of hydrogen-bond donors (Lipinski definition) is 2. The van der Waals surface area contributed by atoms with Gasteiger partial charge < -0.3 is 20.3 Å². The van der Waals surface area contributed by atoms with E-state index < -0.39 is 6.36 Å². The monoisotopic (exact) mass is 562 g/mol. The van der Waals surface area contributed by atoms with Crippen LogP contribution >= 0.6 is 11.3 Å². The molecule has 208 valence electrons. The van der Waals surface area contributed by atoms with E-state index in [9.17, 15) is 18.0 Å². The van der Waals surface area contributed by atoms with Crippen molar-refractivity contribution in [2.24, 2.45) is 0 Å². The lowest BCUT2D eigenvalue weighted by Gasteiger charge is -2.48. The lowest BCUT2D eigenvalue weighted by atomic mass is 9.72. The van der Waals surface area contributed by atoms with E-state index in [2.05, 4.69) is 40.7 Å². The smallest absolute Gasteiger partial charge is 0.406 e. The maximum atomic E-state index is 13.0. The van der Waals surface area contributed by atoms with Crippen LogP contribution in [0.2, 0.25) is 0 Å². The highest BCUT2D eigenvalue weighted by molar-refractivity contribution is 7.19. The van der Waals surface area contributed by atoms with Crippen LogP contribution in [0.3, 0.4) is 0 Å². The molecule has 10 nitrogen and oxygen atoms in total. The van der Waals surface area contributed by atoms with Crippen LogP contribution in [0, 0.1) is 0 Å². The highest BCUT2D eigenvalue weighted by atomic mass is 32.1. The zero-order chi connectivity index (χ0) is 27.5. The van der Waals surface area contributed by atoms with Gasteiger partial charge in [0.2, 0.25) is 16.2 Å². The summed E-state index contributed by atoms with van der Waals surface area (Å²) in [5, 5.41) is 23.7. The van der Waals surface area contributed by atoms with E-state index >= 15 is 0 Å². The Morgan fingerprint density at radius 2 is 2.03 bits per heavy atom. The van der Waals surface area contributed by atoms with Gasteiger partial charge in [-0.15, -0.1) is 28.5 Å². The molecular formula is C25H29F3N8O2S. The molecule has 1 saturated carbocycles. The third-order valence-electron chi connectivity index (χ3n) is 7.20. The second kappa shape index (κ2) is 11.3. The highest BCUT2D eigenvalue weighted by Crippen LogP contribution is 2.41. The number of halogens is 3. The van der Waals surface area contributed by atoms with Crippen LogP contribution in [0.25, 0.3) is 0 Å². The number of anilines is 3. The number of aromatic nitrogens is 4. The van der Waals surface area contributed by atoms with E-state index in [0.29, 0.717) is 22.4 Å². The van der Waals surface area contributed by atoms with Gasteiger partial charge in [0, 0.05) is 43.8 Å². The number of carbonyl (C=O) groups is 1. The molecule has 1 aliphatic carbocycles. The standard InChI is InChI=1S/C25H29F3N8O2S/c1-35(15-17-5-2-6-19(13-17)38-25(26,27)28)24(9-4-10-24)14-21(37)31-23-34-33-22(39-23)30-18-8-12-36(16-18)20-7-3-11-29-32-20/h2-3,5-7,11,13,18H,4,8-10,12,14-16H2,1H3,(H,30,33)(H,31,34,37)/t18-/m1/s1. The molecule has 0 spiro atoms. The number of nitrogens with one attached hydrogen (secondary N) is 2. The normalized spacial score (nSPS) is 18.6. The van der Waals surface area contributed by atoms with Crippen molar-refractivity contribution >= 4 is 33.3 Å². The maximum Gasteiger partial charge on any atom is 0.573 e. The third kappa shape index (κ3) is 6.92. The van der Waals surface area contributed by atoms with Gasteiger partial charge in [0.25, 0.3) is 0 Å². The van der Waals surface area contributed by atoms with Crippen LogP contribution in [0.5, 0.6) is 5.75 Å². The van der Waals surface area contributed by atoms with E-state index in [4.69, 9.17) is 0 Å². The summed E-state index contributed by atoms with van der Waals surface area (Å²) in [7, 11) is 1.89. The molecule has 14 heteroatoms. The summed E-state index contributed by atoms with van der Waals surface area (Å²) in [6.07, 6.45) is 0.692. The first kappa shape index (κ1) is 27.1. The van der Waals surface area contributed by atoms with Crippen molar-refractivity contribution < 1.29 is 22.7 Å². The van der Waals surface area contributed by atoms with Crippen molar-refractivity contribution in [3.63, 3.8) is 0 Å². The van der Waals surface area contributed by atoms with E-state index in [1.807, 2.05) is 24.1 Å². The van der Waals surface area contributed by atoms with Crippen LogP contribution in [0.4, 0.5) is 29.3 Å². The van der Waals surface area contributed by atoms with E-state index in [1.54, 1.807) is 12.3 Å². The van der Waals surface area contributed by atoms with Crippen LogP contribution in [0.1, 0.15) is 37.7 Å². The van der Waals surface area contributed by atoms with E-state index in [1.165, 1.54) is 29.5 Å². The molecule has 0 unspecified atom stereocenters. The number of benzene rings is 1. The van der Waals surface area contributed by atoms with Gasteiger partial charge in [-0.1, -0.05) is 23.5 Å². The predicted octanol–water partition coefficient (Wildman–Crippen LogP) is 4.30. The lowest BCUT2D eigenvalue weighted by Crippen LogP contribution is -2.53. The lowest BCUT2D eigenvalue weighted by molar-refractivity contribution is -0.274. The fourth-order valence-corrected chi connectivity index (χ4v) is 5.82. The van der Waals surface area contributed by atoms with Gasteiger partial charge in [0.15, 0.2) is 5.82 Å². The molecule has 2 aromatic heterocycles. The molecule has 0 radical (unpaired) electrons. The van der Waals surface area contributed by atoms with Gasteiger partial charge in [-0.25, -0.2) is 0 Å². The number of carbonyl (C=O) groups excluding carboxylic acids is 1. The van der Waals surface area contributed by atoms with Crippen LogP contribution in [-0.2, 0) is 11.3 Å². The molecule has 0 bridgehead atoms. The second-order valence-electron chi connectivity index (χ2n) is 9.92. The average Bonchev–Trinajstić information content (AvgIpc) is 3.51. The Labute approximate surface area is 227 Å². The zero-order valence-electron chi connectivity index (χ0n) is 21.3. The molecule has 3 heterocycles. The molecule has 1 atom stereocenters. The van der Waals surface area contributed by atoms with E-state index in [-0.39, 0.29) is 29.7 Å². The van der Waals surface area contributed by atoms with E-state index in [0.717, 1.165) is 44.6 Å². The highest BCUT2D eigenvalue weighted by Gasteiger charge is 2.42. The second-order valence-corrected chi connectivity index (χ2v) is 10.9. The van der Waals surface area contributed by atoms with Crippen LogP contribution in [0.15, 0.2) is 42.6 Å². The van der Waals surface area contributed by atoms with Gasteiger partial charge in [-0.3, -0.25) is 9.69 Å². The van der Waals surface area contributed by atoms with Crippen molar-refractivity contribution in [3.05, 3.63) is 48.2 Å². The fraction of sp³-hybridized carbons (Fsp3) is 0.480. The molecule has 3 aromatic rings. The minimum absolute atomic E-state index is 0.173. The molecule has 5 rings (SSSR count). The summed E-state index contributed by atoms with van der Waals surface area (Å²) < 4.78 is 41.8. The zero-order valence-corrected chi connectivity index (χ0v) is 22.1. The Morgan fingerprint density at radius 1 is 1.21 bits per heavy atom. The van der Waals surface area contributed by atoms with Crippen molar-refractivity contribution in [2.75, 3.05) is 35.7 Å².